The Hall–Kier alpha value is -1.76. The Bertz CT molecular complexity index is 563. The van der Waals surface area contributed by atoms with E-state index in [4.69, 9.17) is 4.74 Å². The number of aliphatic hydroxyl groups excluding tert-OH is 1. The molecule has 0 spiro atoms. The number of halogens is 3. The number of rotatable bonds is 1. The zero-order chi connectivity index (χ0) is 17.4. The third kappa shape index (κ3) is 4.37. The summed E-state index contributed by atoms with van der Waals surface area (Å²) in [6.45, 7) is 5.28. The fourth-order valence-electron chi connectivity index (χ4n) is 2.55. The summed E-state index contributed by atoms with van der Waals surface area (Å²) >= 11 is 0. The van der Waals surface area contributed by atoms with Gasteiger partial charge in [0.1, 0.15) is 5.60 Å². The normalized spacial score (nSPS) is 22.3. The number of carbonyl (C=O) groups excluding carboxylic acids is 1. The second-order valence-electron chi connectivity index (χ2n) is 6.66. The Kier molecular flexibility index (Phi) is 4.61. The van der Waals surface area contributed by atoms with E-state index < -0.39 is 35.6 Å². The summed E-state index contributed by atoms with van der Waals surface area (Å²) in [7, 11) is 0. The van der Waals surface area contributed by atoms with E-state index in [0.717, 1.165) is 12.1 Å². The van der Waals surface area contributed by atoms with Crippen LogP contribution in [0.15, 0.2) is 24.3 Å². The lowest BCUT2D eigenvalue weighted by Gasteiger charge is -2.28. The van der Waals surface area contributed by atoms with Crippen LogP contribution in [0.5, 0.6) is 0 Å². The summed E-state index contributed by atoms with van der Waals surface area (Å²) < 4.78 is 43.2. The lowest BCUT2D eigenvalue weighted by molar-refractivity contribution is -0.137. The number of nitrogens with zero attached hydrogens (tertiary/aromatic N) is 1. The SMILES string of the molecule is CC(C)(C)OC(=O)N1CC(O)CC1c1ccc(C(F)(F)F)cc1. The first-order valence-corrected chi connectivity index (χ1v) is 7.32. The summed E-state index contributed by atoms with van der Waals surface area (Å²) in [6, 6.07) is 4.13. The van der Waals surface area contributed by atoms with Crippen LogP contribution in [0, 0.1) is 0 Å². The maximum atomic E-state index is 12.6. The highest BCUT2D eigenvalue weighted by atomic mass is 19.4. The Morgan fingerprint density at radius 3 is 2.26 bits per heavy atom. The Balaban J connectivity index is 2.21. The second kappa shape index (κ2) is 6.03. The third-order valence-electron chi connectivity index (χ3n) is 3.53. The highest BCUT2D eigenvalue weighted by Crippen LogP contribution is 2.35. The van der Waals surface area contributed by atoms with Crippen LogP contribution in [0.2, 0.25) is 0 Å². The van der Waals surface area contributed by atoms with E-state index in [9.17, 15) is 23.1 Å². The van der Waals surface area contributed by atoms with E-state index in [1.54, 1.807) is 20.8 Å². The van der Waals surface area contributed by atoms with Gasteiger partial charge in [-0.05, 0) is 44.9 Å². The van der Waals surface area contributed by atoms with Gasteiger partial charge in [-0.1, -0.05) is 12.1 Å². The molecular formula is C16H20F3NO3. The Morgan fingerprint density at radius 1 is 1.22 bits per heavy atom. The van der Waals surface area contributed by atoms with Gasteiger partial charge in [-0.3, -0.25) is 4.90 Å². The first-order valence-electron chi connectivity index (χ1n) is 7.32. The summed E-state index contributed by atoms with van der Waals surface area (Å²) in [6.07, 6.45) is -5.45. The molecule has 0 bridgehead atoms. The van der Waals surface area contributed by atoms with E-state index in [1.165, 1.54) is 17.0 Å². The van der Waals surface area contributed by atoms with Crippen LogP contribution in [0.4, 0.5) is 18.0 Å². The number of aliphatic hydroxyl groups is 1. The molecule has 1 aromatic carbocycles. The van der Waals surface area contributed by atoms with Crippen molar-refractivity contribution in [3.8, 4) is 0 Å². The first-order chi connectivity index (χ1) is 10.5. The van der Waals surface area contributed by atoms with Gasteiger partial charge in [0.15, 0.2) is 0 Å². The number of likely N-dealkylation sites (tertiary alicyclic amines) is 1. The van der Waals surface area contributed by atoms with Crippen molar-refractivity contribution in [2.75, 3.05) is 6.54 Å². The molecule has 2 unspecified atom stereocenters. The number of amides is 1. The Morgan fingerprint density at radius 2 is 1.78 bits per heavy atom. The standard InChI is InChI=1S/C16H20F3NO3/c1-15(2,3)23-14(22)20-9-12(21)8-13(20)10-4-6-11(7-5-10)16(17,18)19/h4-7,12-13,21H,8-9H2,1-3H3. The van der Waals surface area contributed by atoms with Gasteiger partial charge in [0.25, 0.3) is 0 Å². The van der Waals surface area contributed by atoms with Crippen molar-refractivity contribution < 1.29 is 27.8 Å². The fraction of sp³-hybridized carbons (Fsp3) is 0.562. The molecule has 128 valence electrons. The fourth-order valence-corrected chi connectivity index (χ4v) is 2.55. The molecule has 1 aliphatic heterocycles. The van der Waals surface area contributed by atoms with Gasteiger partial charge in [-0.15, -0.1) is 0 Å². The number of hydrogen-bond donors (Lipinski definition) is 1. The number of ether oxygens (including phenoxy) is 1. The minimum Gasteiger partial charge on any atom is -0.444 e. The lowest BCUT2D eigenvalue weighted by Crippen LogP contribution is -2.37. The van der Waals surface area contributed by atoms with Gasteiger partial charge >= 0.3 is 12.3 Å². The molecule has 0 aromatic heterocycles. The van der Waals surface area contributed by atoms with E-state index >= 15 is 0 Å². The van der Waals surface area contributed by atoms with Crippen molar-refractivity contribution in [2.24, 2.45) is 0 Å². The molecule has 1 heterocycles. The van der Waals surface area contributed by atoms with Crippen LogP contribution in [-0.4, -0.2) is 34.3 Å². The second-order valence-corrected chi connectivity index (χ2v) is 6.66. The van der Waals surface area contributed by atoms with Crippen molar-refractivity contribution in [1.82, 2.24) is 4.90 Å². The van der Waals surface area contributed by atoms with E-state index in [0.29, 0.717) is 5.56 Å². The van der Waals surface area contributed by atoms with Crippen LogP contribution in [0.3, 0.4) is 0 Å². The predicted molar refractivity (Wildman–Crippen MR) is 77.7 cm³/mol. The molecule has 0 radical (unpaired) electrons. The summed E-state index contributed by atoms with van der Waals surface area (Å²) in [4.78, 5) is 13.6. The van der Waals surface area contributed by atoms with Gasteiger partial charge in [0.05, 0.1) is 24.3 Å². The molecule has 0 aliphatic carbocycles. The smallest absolute Gasteiger partial charge is 0.416 e. The maximum absolute atomic E-state index is 12.6. The van der Waals surface area contributed by atoms with Gasteiger partial charge < -0.3 is 9.84 Å². The molecule has 7 heteroatoms. The number of benzene rings is 1. The zero-order valence-electron chi connectivity index (χ0n) is 13.2. The highest BCUT2D eigenvalue weighted by molar-refractivity contribution is 5.69. The topological polar surface area (TPSA) is 49.8 Å². The molecule has 1 aliphatic rings. The third-order valence-corrected chi connectivity index (χ3v) is 3.53. The largest absolute Gasteiger partial charge is 0.444 e. The minimum atomic E-state index is -4.40. The molecule has 2 atom stereocenters. The molecule has 1 amide bonds. The average molecular weight is 331 g/mol. The van der Waals surface area contributed by atoms with Crippen LogP contribution >= 0.6 is 0 Å². The maximum Gasteiger partial charge on any atom is 0.416 e. The molecule has 1 fully saturated rings. The van der Waals surface area contributed by atoms with Crippen LogP contribution in [0.1, 0.15) is 44.4 Å². The summed E-state index contributed by atoms with van der Waals surface area (Å²) in [5.41, 5.74) is -0.890. The minimum absolute atomic E-state index is 0.0978. The molecule has 1 aromatic rings. The molecule has 23 heavy (non-hydrogen) atoms. The van der Waals surface area contributed by atoms with E-state index in [1.807, 2.05) is 0 Å². The molecular weight excluding hydrogens is 311 g/mol. The summed E-state index contributed by atoms with van der Waals surface area (Å²) in [5.74, 6) is 0. The van der Waals surface area contributed by atoms with Crippen molar-refractivity contribution in [1.29, 1.82) is 0 Å². The van der Waals surface area contributed by atoms with Crippen LogP contribution in [-0.2, 0) is 10.9 Å². The number of hydrogen-bond acceptors (Lipinski definition) is 3. The van der Waals surface area contributed by atoms with Gasteiger partial charge in [-0.2, -0.15) is 13.2 Å². The molecule has 0 saturated carbocycles. The van der Waals surface area contributed by atoms with Gasteiger partial charge in [-0.25, -0.2) is 4.79 Å². The summed E-state index contributed by atoms with van der Waals surface area (Å²) in [5, 5.41) is 9.83. The van der Waals surface area contributed by atoms with Crippen molar-refractivity contribution in [2.45, 2.75) is 51.1 Å². The lowest BCUT2D eigenvalue weighted by atomic mass is 10.0. The number of carbonyl (C=O) groups is 1. The van der Waals surface area contributed by atoms with Gasteiger partial charge in [0, 0.05) is 0 Å². The van der Waals surface area contributed by atoms with Crippen molar-refractivity contribution >= 4 is 6.09 Å². The van der Waals surface area contributed by atoms with Crippen molar-refractivity contribution in [3.05, 3.63) is 35.4 Å². The molecule has 2 rings (SSSR count). The highest BCUT2D eigenvalue weighted by Gasteiger charge is 2.38. The monoisotopic (exact) mass is 331 g/mol. The molecule has 1 saturated heterocycles. The van der Waals surface area contributed by atoms with E-state index in [2.05, 4.69) is 0 Å². The number of β-amino-alcohol motifs (C(OH)–C–C–N with tert-alkyl or cyclic N) is 1. The predicted octanol–water partition coefficient (Wildman–Crippen LogP) is 3.75. The quantitative estimate of drug-likeness (QED) is 0.853. The molecule has 4 nitrogen and oxygen atoms in total. The van der Waals surface area contributed by atoms with Crippen molar-refractivity contribution in [3.63, 3.8) is 0 Å². The zero-order valence-corrected chi connectivity index (χ0v) is 13.2. The molecule has 1 N–H and O–H groups in total. The van der Waals surface area contributed by atoms with E-state index in [-0.39, 0.29) is 13.0 Å². The van der Waals surface area contributed by atoms with Crippen LogP contribution < -0.4 is 0 Å². The Labute approximate surface area is 132 Å². The van der Waals surface area contributed by atoms with Crippen LogP contribution in [0.25, 0.3) is 0 Å². The van der Waals surface area contributed by atoms with Gasteiger partial charge in [0.2, 0.25) is 0 Å². The average Bonchev–Trinajstić information content (AvgIpc) is 2.78. The first kappa shape index (κ1) is 17.6. The number of alkyl halides is 3.